The van der Waals surface area contributed by atoms with E-state index in [1.807, 2.05) is 25.1 Å². The smallest absolute Gasteiger partial charge is 0.319 e. The highest BCUT2D eigenvalue weighted by molar-refractivity contribution is 9.10. The molecule has 0 aromatic heterocycles. The molecule has 0 spiro atoms. The summed E-state index contributed by atoms with van der Waals surface area (Å²) in [6, 6.07) is 10.3. The normalized spacial score (nSPS) is 11.6. The Hall–Kier alpha value is -2.25. The van der Waals surface area contributed by atoms with Crippen molar-refractivity contribution in [2.45, 2.75) is 13.0 Å². The van der Waals surface area contributed by atoms with Gasteiger partial charge in [0, 0.05) is 22.3 Å². The van der Waals surface area contributed by atoms with Gasteiger partial charge in [-0.2, -0.15) is 0 Å². The lowest BCUT2D eigenvalue weighted by Gasteiger charge is -2.17. The predicted octanol–water partition coefficient (Wildman–Crippen LogP) is 3.63. The topological polar surface area (TPSA) is 79.8 Å². The van der Waals surface area contributed by atoms with Crippen LogP contribution in [-0.2, 0) is 0 Å². The van der Waals surface area contributed by atoms with E-state index in [1.54, 1.807) is 25.3 Å². The zero-order valence-electron chi connectivity index (χ0n) is 14.3. The van der Waals surface area contributed by atoms with Gasteiger partial charge < -0.3 is 25.2 Å². The van der Waals surface area contributed by atoms with Crippen molar-refractivity contribution in [2.75, 3.05) is 26.1 Å². The van der Waals surface area contributed by atoms with Crippen molar-refractivity contribution in [3.63, 3.8) is 0 Å². The van der Waals surface area contributed by atoms with Crippen LogP contribution in [0, 0.1) is 6.92 Å². The van der Waals surface area contributed by atoms with Gasteiger partial charge in [0.2, 0.25) is 0 Å². The molecule has 0 bridgehead atoms. The maximum atomic E-state index is 12.1. The first-order valence-electron chi connectivity index (χ1n) is 7.65. The molecule has 0 aliphatic carbocycles. The van der Waals surface area contributed by atoms with Crippen LogP contribution < -0.4 is 20.1 Å². The van der Waals surface area contributed by atoms with Gasteiger partial charge in [0.15, 0.2) is 0 Å². The van der Waals surface area contributed by atoms with E-state index in [0.29, 0.717) is 22.7 Å². The van der Waals surface area contributed by atoms with Gasteiger partial charge in [-0.3, -0.25) is 0 Å². The summed E-state index contributed by atoms with van der Waals surface area (Å²) in [7, 11) is 3.07. The molecule has 7 heteroatoms. The summed E-state index contributed by atoms with van der Waals surface area (Å²) in [5.74, 6) is 1.13. The van der Waals surface area contributed by atoms with Crippen molar-refractivity contribution in [1.82, 2.24) is 5.32 Å². The summed E-state index contributed by atoms with van der Waals surface area (Å²) in [4.78, 5) is 12.1. The number of carbonyl (C=O) groups excluding carboxylic acids is 1. The summed E-state index contributed by atoms with van der Waals surface area (Å²) >= 11 is 3.37. The Morgan fingerprint density at radius 1 is 1.20 bits per heavy atom. The Labute approximate surface area is 155 Å². The average molecular weight is 409 g/mol. The minimum atomic E-state index is -0.931. The zero-order valence-corrected chi connectivity index (χ0v) is 15.9. The Balaban J connectivity index is 2.00. The molecule has 0 aliphatic heterocycles. The molecular formula is C18H21BrN2O4. The van der Waals surface area contributed by atoms with Crippen LogP contribution in [0.5, 0.6) is 11.5 Å². The number of ether oxygens (including phenoxy) is 2. The standard InChI is InChI=1S/C18H21BrN2O4/c1-11-4-5-12(19)8-15(11)21-18(23)20-10-16(22)14-9-13(24-2)6-7-17(14)25-3/h4-9,16,22H,10H2,1-3H3,(H2,20,21,23). The number of amides is 2. The van der Waals surface area contributed by atoms with E-state index in [4.69, 9.17) is 9.47 Å². The third-order valence-corrected chi connectivity index (χ3v) is 4.19. The maximum absolute atomic E-state index is 12.1. The van der Waals surface area contributed by atoms with Crippen LogP contribution in [-0.4, -0.2) is 31.9 Å². The van der Waals surface area contributed by atoms with Crippen molar-refractivity contribution < 1.29 is 19.4 Å². The molecule has 2 amide bonds. The summed E-state index contributed by atoms with van der Waals surface area (Å²) in [6.07, 6.45) is -0.931. The molecule has 2 aromatic rings. The molecule has 6 nitrogen and oxygen atoms in total. The monoisotopic (exact) mass is 408 g/mol. The van der Waals surface area contributed by atoms with Crippen molar-refractivity contribution in [3.8, 4) is 11.5 Å². The number of halogens is 1. The molecule has 0 heterocycles. The minimum Gasteiger partial charge on any atom is -0.497 e. The van der Waals surface area contributed by atoms with Crippen molar-refractivity contribution >= 4 is 27.6 Å². The number of carbonyl (C=O) groups is 1. The first-order chi connectivity index (χ1) is 11.9. The molecule has 25 heavy (non-hydrogen) atoms. The van der Waals surface area contributed by atoms with Crippen LogP contribution in [0.15, 0.2) is 40.9 Å². The number of methoxy groups -OCH3 is 2. The highest BCUT2D eigenvalue weighted by Crippen LogP contribution is 2.29. The van der Waals surface area contributed by atoms with Crippen LogP contribution >= 0.6 is 15.9 Å². The van der Waals surface area contributed by atoms with Crippen LogP contribution in [0.2, 0.25) is 0 Å². The van der Waals surface area contributed by atoms with E-state index >= 15 is 0 Å². The van der Waals surface area contributed by atoms with E-state index in [0.717, 1.165) is 10.0 Å². The molecule has 1 atom stereocenters. The fourth-order valence-electron chi connectivity index (χ4n) is 2.29. The number of benzene rings is 2. The lowest BCUT2D eigenvalue weighted by atomic mass is 10.1. The molecule has 0 fully saturated rings. The highest BCUT2D eigenvalue weighted by Gasteiger charge is 2.16. The number of rotatable bonds is 6. The molecule has 2 rings (SSSR count). The molecule has 2 aromatic carbocycles. The largest absolute Gasteiger partial charge is 0.497 e. The van der Waals surface area contributed by atoms with Gasteiger partial charge in [-0.1, -0.05) is 22.0 Å². The summed E-state index contributed by atoms with van der Waals surface area (Å²) in [5, 5.41) is 15.8. The Kier molecular flexibility index (Phi) is 6.66. The van der Waals surface area contributed by atoms with E-state index in [9.17, 15) is 9.90 Å². The van der Waals surface area contributed by atoms with Crippen LogP contribution in [0.4, 0.5) is 10.5 Å². The fraction of sp³-hybridized carbons (Fsp3) is 0.278. The van der Waals surface area contributed by atoms with Crippen LogP contribution in [0.1, 0.15) is 17.2 Å². The van der Waals surface area contributed by atoms with Gasteiger partial charge in [-0.05, 0) is 42.8 Å². The van der Waals surface area contributed by atoms with Gasteiger partial charge in [-0.25, -0.2) is 4.79 Å². The SMILES string of the molecule is COc1ccc(OC)c(C(O)CNC(=O)Nc2cc(Br)ccc2C)c1. The quantitative estimate of drug-likeness (QED) is 0.681. The van der Waals surface area contributed by atoms with Gasteiger partial charge in [0.05, 0.1) is 14.2 Å². The lowest BCUT2D eigenvalue weighted by molar-refractivity contribution is 0.170. The molecule has 0 saturated heterocycles. The summed E-state index contributed by atoms with van der Waals surface area (Å²) in [5.41, 5.74) is 2.18. The van der Waals surface area contributed by atoms with Gasteiger partial charge in [0.25, 0.3) is 0 Å². The van der Waals surface area contributed by atoms with E-state index < -0.39 is 12.1 Å². The second kappa shape index (κ2) is 8.73. The molecule has 134 valence electrons. The predicted molar refractivity (Wildman–Crippen MR) is 100 cm³/mol. The lowest BCUT2D eigenvalue weighted by Crippen LogP contribution is -2.32. The molecule has 0 saturated carbocycles. The molecule has 1 unspecified atom stereocenters. The summed E-state index contributed by atoms with van der Waals surface area (Å²) < 4.78 is 11.3. The molecule has 0 radical (unpaired) electrons. The van der Waals surface area contributed by atoms with Gasteiger partial charge in [-0.15, -0.1) is 0 Å². The number of nitrogens with one attached hydrogen (secondary N) is 2. The summed E-state index contributed by atoms with van der Waals surface area (Å²) in [6.45, 7) is 1.93. The van der Waals surface area contributed by atoms with Crippen molar-refractivity contribution in [2.24, 2.45) is 0 Å². The number of urea groups is 1. The van der Waals surface area contributed by atoms with Crippen LogP contribution in [0.3, 0.4) is 0 Å². The van der Waals surface area contributed by atoms with Crippen molar-refractivity contribution in [3.05, 3.63) is 52.0 Å². The van der Waals surface area contributed by atoms with E-state index in [2.05, 4.69) is 26.6 Å². The first-order valence-corrected chi connectivity index (χ1v) is 8.45. The number of aryl methyl sites for hydroxylation is 1. The number of anilines is 1. The number of hydrogen-bond acceptors (Lipinski definition) is 4. The van der Waals surface area contributed by atoms with Crippen molar-refractivity contribution in [1.29, 1.82) is 0 Å². The third-order valence-electron chi connectivity index (χ3n) is 3.70. The Morgan fingerprint density at radius 3 is 2.64 bits per heavy atom. The van der Waals surface area contributed by atoms with Gasteiger partial charge in [0.1, 0.15) is 17.6 Å². The molecule has 3 N–H and O–H groups in total. The zero-order chi connectivity index (χ0) is 18.4. The molecule has 0 aliphatic rings. The Bertz CT molecular complexity index is 752. The number of aliphatic hydroxyl groups is 1. The second-order valence-electron chi connectivity index (χ2n) is 5.42. The van der Waals surface area contributed by atoms with E-state index in [1.165, 1.54) is 7.11 Å². The first kappa shape index (κ1) is 19.1. The molecular weight excluding hydrogens is 388 g/mol. The fourth-order valence-corrected chi connectivity index (χ4v) is 2.66. The average Bonchev–Trinajstić information content (AvgIpc) is 2.62. The Morgan fingerprint density at radius 2 is 1.96 bits per heavy atom. The second-order valence-corrected chi connectivity index (χ2v) is 6.33. The van der Waals surface area contributed by atoms with Gasteiger partial charge >= 0.3 is 6.03 Å². The third kappa shape index (κ3) is 5.11. The van der Waals surface area contributed by atoms with E-state index in [-0.39, 0.29) is 6.54 Å². The maximum Gasteiger partial charge on any atom is 0.319 e. The highest BCUT2D eigenvalue weighted by atomic mass is 79.9. The number of aliphatic hydroxyl groups excluding tert-OH is 1. The van der Waals surface area contributed by atoms with Crippen LogP contribution in [0.25, 0.3) is 0 Å². The number of hydrogen-bond donors (Lipinski definition) is 3. The minimum absolute atomic E-state index is 0.0302.